The van der Waals surface area contributed by atoms with Crippen LogP contribution in [-0.2, 0) is 19.2 Å². The van der Waals surface area contributed by atoms with Crippen molar-refractivity contribution in [3.05, 3.63) is 0 Å². The maximum Gasteiger partial charge on any atom is 0.328 e. The molecule has 11 heteroatoms. The minimum atomic E-state index is -1.47. The van der Waals surface area contributed by atoms with Crippen LogP contribution < -0.4 is 27.4 Å². The van der Waals surface area contributed by atoms with Crippen LogP contribution in [-0.4, -0.2) is 71.7 Å². The van der Waals surface area contributed by atoms with Crippen LogP contribution in [0.25, 0.3) is 0 Å². The van der Waals surface area contributed by atoms with E-state index in [2.05, 4.69) is 16.0 Å². The number of carboxylic acid groups (broad SMARTS) is 1. The van der Waals surface area contributed by atoms with Crippen LogP contribution >= 0.6 is 0 Å². The average molecular weight is 403 g/mol. The summed E-state index contributed by atoms with van der Waals surface area (Å²) in [6.45, 7) is 3.02. The Morgan fingerprint density at radius 2 is 1.64 bits per heavy atom. The Kier molecular flexibility index (Phi) is 12.7. The molecule has 28 heavy (non-hydrogen) atoms. The van der Waals surface area contributed by atoms with Crippen LogP contribution in [0.3, 0.4) is 0 Å². The molecule has 0 heterocycles. The number of aliphatic carboxylic acids is 1. The van der Waals surface area contributed by atoms with Gasteiger partial charge in [0.1, 0.15) is 12.1 Å². The van der Waals surface area contributed by atoms with Crippen molar-refractivity contribution in [2.24, 2.45) is 17.4 Å². The third kappa shape index (κ3) is 10.8. The Labute approximate surface area is 164 Å². The fourth-order valence-corrected chi connectivity index (χ4v) is 2.34. The second-order valence-corrected chi connectivity index (χ2v) is 6.94. The molecule has 0 fully saturated rings. The maximum atomic E-state index is 12.3. The van der Waals surface area contributed by atoms with Crippen molar-refractivity contribution in [1.82, 2.24) is 16.0 Å². The molecule has 9 N–H and O–H groups in total. The minimum absolute atomic E-state index is 0.0269. The lowest BCUT2D eigenvalue weighted by atomic mass is 10.0. The van der Waals surface area contributed by atoms with E-state index in [-0.39, 0.29) is 18.9 Å². The molecule has 0 aliphatic carbocycles. The van der Waals surface area contributed by atoms with Gasteiger partial charge in [0, 0.05) is 0 Å². The molecule has 0 saturated heterocycles. The van der Waals surface area contributed by atoms with Gasteiger partial charge in [-0.2, -0.15) is 0 Å². The summed E-state index contributed by atoms with van der Waals surface area (Å²) in [5.74, 6) is -3.18. The zero-order chi connectivity index (χ0) is 21.7. The van der Waals surface area contributed by atoms with E-state index in [1.54, 1.807) is 0 Å². The van der Waals surface area contributed by atoms with Crippen molar-refractivity contribution in [2.45, 2.75) is 57.7 Å². The van der Waals surface area contributed by atoms with Crippen molar-refractivity contribution in [3.63, 3.8) is 0 Å². The highest BCUT2D eigenvalue weighted by Crippen LogP contribution is 2.05. The number of aliphatic hydroxyl groups is 1. The van der Waals surface area contributed by atoms with Gasteiger partial charge < -0.3 is 37.6 Å². The van der Waals surface area contributed by atoms with Crippen LogP contribution in [0.5, 0.6) is 0 Å². The van der Waals surface area contributed by atoms with Gasteiger partial charge in [-0.15, -0.1) is 0 Å². The summed E-state index contributed by atoms with van der Waals surface area (Å²) < 4.78 is 0. The number of hydrogen-bond acceptors (Lipinski definition) is 7. The number of aliphatic hydroxyl groups excluding tert-OH is 1. The third-order valence-electron chi connectivity index (χ3n) is 3.89. The van der Waals surface area contributed by atoms with Crippen molar-refractivity contribution >= 4 is 23.7 Å². The van der Waals surface area contributed by atoms with Crippen LogP contribution in [0.2, 0.25) is 0 Å². The molecular weight excluding hydrogens is 370 g/mol. The van der Waals surface area contributed by atoms with Gasteiger partial charge in [-0.05, 0) is 31.7 Å². The first kappa shape index (κ1) is 25.8. The summed E-state index contributed by atoms with van der Waals surface area (Å²) in [4.78, 5) is 47.2. The Morgan fingerprint density at radius 3 is 2.14 bits per heavy atom. The fraction of sp³-hybridized carbons (Fsp3) is 0.765. The summed E-state index contributed by atoms with van der Waals surface area (Å²) in [6, 6.07) is -3.23. The number of unbranched alkanes of at least 4 members (excludes halogenated alkanes) is 1. The van der Waals surface area contributed by atoms with Gasteiger partial charge in [0.15, 0.2) is 0 Å². The van der Waals surface area contributed by atoms with Crippen LogP contribution in [0.1, 0.15) is 39.5 Å². The molecule has 3 atom stereocenters. The number of amides is 3. The monoisotopic (exact) mass is 403 g/mol. The molecule has 0 aliphatic rings. The second kappa shape index (κ2) is 13.9. The summed E-state index contributed by atoms with van der Waals surface area (Å²) in [5.41, 5.74) is 11.1. The molecule has 0 aromatic rings. The van der Waals surface area contributed by atoms with Crippen molar-refractivity contribution in [2.75, 3.05) is 19.7 Å². The van der Waals surface area contributed by atoms with Crippen molar-refractivity contribution in [3.8, 4) is 0 Å². The number of hydrogen-bond donors (Lipinski definition) is 7. The van der Waals surface area contributed by atoms with Crippen LogP contribution in [0.15, 0.2) is 0 Å². The van der Waals surface area contributed by atoms with E-state index in [4.69, 9.17) is 21.7 Å². The molecule has 0 bridgehead atoms. The molecule has 0 saturated carbocycles. The number of nitrogens with one attached hydrogen (secondary N) is 3. The Hall–Kier alpha value is -2.24. The second-order valence-electron chi connectivity index (χ2n) is 6.94. The fourth-order valence-electron chi connectivity index (χ4n) is 2.34. The molecule has 3 amide bonds. The number of carbonyl (C=O) groups excluding carboxylic acids is 3. The normalized spacial score (nSPS) is 14.1. The summed E-state index contributed by atoms with van der Waals surface area (Å²) in [7, 11) is 0. The molecule has 162 valence electrons. The van der Waals surface area contributed by atoms with Crippen LogP contribution in [0.4, 0.5) is 0 Å². The third-order valence-corrected chi connectivity index (χ3v) is 3.89. The van der Waals surface area contributed by atoms with Crippen molar-refractivity contribution in [1.29, 1.82) is 0 Å². The lowest BCUT2D eigenvalue weighted by Crippen LogP contribution is -2.54. The number of nitrogens with two attached hydrogens (primary N) is 2. The standard InChI is InChI=1S/C17H33N5O6/c1-10(2)7-12(16(26)22-13(9-23)17(27)28)21-14(24)8-20-15(25)11(19)5-3-4-6-18/h10-13,23H,3-9,18-19H2,1-2H3,(H,20,25)(H,21,24)(H,22,26)(H,27,28). The molecular formula is C17H33N5O6. The molecule has 0 rings (SSSR count). The highest BCUT2D eigenvalue weighted by Gasteiger charge is 2.27. The molecule has 0 aromatic heterocycles. The highest BCUT2D eigenvalue weighted by molar-refractivity contribution is 5.92. The van der Waals surface area contributed by atoms with E-state index in [1.165, 1.54) is 0 Å². The first-order chi connectivity index (χ1) is 13.1. The quantitative estimate of drug-likeness (QED) is 0.156. The van der Waals surface area contributed by atoms with E-state index >= 15 is 0 Å². The van der Waals surface area contributed by atoms with Gasteiger partial charge in [0.25, 0.3) is 0 Å². The Balaban J connectivity index is 4.66. The zero-order valence-corrected chi connectivity index (χ0v) is 16.4. The Bertz CT molecular complexity index is 528. The highest BCUT2D eigenvalue weighted by atomic mass is 16.4. The molecule has 0 aliphatic heterocycles. The maximum absolute atomic E-state index is 12.3. The molecule has 0 aromatic carbocycles. The lowest BCUT2D eigenvalue weighted by Gasteiger charge is -2.22. The number of carbonyl (C=O) groups is 4. The van der Waals surface area contributed by atoms with Gasteiger partial charge in [0.2, 0.25) is 17.7 Å². The molecule has 11 nitrogen and oxygen atoms in total. The minimum Gasteiger partial charge on any atom is -0.480 e. The molecule has 3 unspecified atom stereocenters. The van der Waals surface area contributed by atoms with Crippen LogP contribution in [0, 0.1) is 5.92 Å². The predicted molar refractivity (Wildman–Crippen MR) is 102 cm³/mol. The van der Waals surface area contributed by atoms with Gasteiger partial charge in [-0.3, -0.25) is 14.4 Å². The van der Waals surface area contributed by atoms with Gasteiger partial charge in [-0.25, -0.2) is 4.79 Å². The zero-order valence-electron chi connectivity index (χ0n) is 16.4. The van der Waals surface area contributed by atoms with E-state index in [1.807, 2.05) is 13.8 Å². The Morgan fingerprint density at radius 1 is 1.00 bits per heavy atom. The molecule has 0 radical (unpaired) electrons. The van der Waals surface area contributed by atoms with E-state index in [0.717, 1.165) is 6.42 Å². The van der Waals surface area contributed by atoms with Crippen molar-refractivity contribution < 1.29 is 29.4 Å². The first-order valence-corrected chi connectivity index (χ1v) is 9.29. The summed E-state index contributed by atoms with van der Waals surface area (Å²) in [6.07, 6.45) is 2.14. The SMILES string of the molecule is CC(C)CC(NC(=O)CNC(=O)C(N)CCCCN)C(=O)NC(CO)C(=O)O. The largest absolute Gasteiger partial charge is 0.480 e. The summed E-state index contributed by atoms with van der Waals surface area (Å²) >= 11 is 0. The van der Waals surface area contributed by atoms with Gasteiger partial charge in [0.05, 0.1) is 19.2 Å². The topological polar surface area (TPSA) is 197 Å². The van der Waals surface area contributed by atoms with E-state index < -0.39 is 48.4 Å². The summed E-state index contributed by atoms with van der Waals surface area (Å²) in [5, 5.41) is 25.0. The predicted octanol–water partition coefficient (Wildman–Crippen LogP) is -2.35. The first-order valence-electron chi connectivity index (χ1n) is 9.29. The van der Waals surface area contributed by atoms with E-state index in [0.29, 0.717) is 19.4 Å². The van der Waals surface area contributed by atoms with Gasteiger partial charge in [-0.1, -0.05) is 20.3 Å². The lowest BCUT2D eigenvalue weighted by molar-refractivity contribution is -0.143. The average Bonchev–Trinajstić information content (AvgIpc) is 2.62. The number of rotatable bonds is 14. The van der Waals surface area contributed by atoms with E-state index in [9.17, 15) is 19.2 Å². The number of carboxylic acids is 1. The molecule has 0 spiro atoms. The van der Waals surface area contributed by atoms with Gasteiger partial charge >= 0.3 is 5.97 Å². The smallest absolute Gasteiger partial charge is 0.328 e.